The van der Waals surface area contributed by atoms with Crippen LogP contribution in [0.15, 0.2) is 18.2 Å². The fraction of sp³-hybridized carbons (Fsp3) is 0.529. The van der Waals surface area contributed by atoms with Crippen molar-refractivity contribution in [3.8, 4) is 0 Å². The van der Waals surface area contributed by atoms with Gasteiger partial charge in [-0.2, -0.15) is 0 Å². The minimum atomic E-state index is -0.566. The number of carbonyl (C=O) groups is 2. The largest absolute Gasteiger partial charge is 0.352 e. The molecular formula is C17H24Cl2N2O2. The summed E-state index contributed by atoms with van der Waals surface area (Å²) in [4.78, 5) is 26.3. The van der Waals surface area contributed by atoms with E-state index in [0.29, 0.717) is 16.5 Å². The van der Waals surface area contributed by atoms with Crippen LogP contribution in [0.4, 0.5) is 0 Å². The molecule has 23 heavy (non-hydrogen) atoms. The van der Waals surface area contributed by atoms with E-state index >= 15 is 0 Å². The molecule has 0 aliphatic carbocycles. The number of nitrogens with zero attached hydrogens (tertiary/aromatic N) is 1. The molecule has 1 atom stereocenters. The third-order valence-electron chi connectivity index (χ3n) is 3.42. The fourth-order valence-corrected chi connectivity index (χ4v) is 2.65. The second-order valence-corrected chi connectivity index (χ2v) is 6.69. The van der Waals surface area contributed by atoms with Crippen molar-refractivity contribution in [3.05, 3.63) is 33.8 Å². The van der Waals surface area contributed by atoms with Gasteiger partial charge in [0.25, 0.3) is 0 Å². The van der Waals surface area contributed by atoms with Gasteiger partial charge >= 0.3 is 0 Å². The van der Waals surface area contributed by atoms with Crippen LogP contribution in [0.2, 0.25) is 10.0 Å². The third kappa shape index (κ3) is 6.04. The lowest BCUT2D eigenvalue weighted by Gasteiger charge is -2.29. The summed E-state index contributed by atoms with van der Waals surface area (Å²) in [5.41, 5.74) is 0.768. The van der Waals surface area contributed by atoms with E-state index in [4.69, 9.17) is 23.2 Å². The number of rotatable bonds is 7. The summed E-state index contributed by atoms with van der Waals surface area (Å²) in [5, 5.41) is 3.87. The maximum Gasteiger partial charge on any atom is 0.242 e. The summed E-state index contributed by atoms with van der Waals surface area (Å²) in [7, 11) is 0. The van der Waals surface area contributed by atoms with Gasteiger partial charge in [0.1, 0.15) is 6.04 Å². The van der Waals surface area contributed by atoms with E-state index in [1.165, 1.54) is 0 Å². The van der Waals surface area contributed by atoms with Crippen molar-refractivity contribution < 1.29 is 9.59 Å². The number of halogens is 2. The van der Waals surface area contributed by atoms with Crippen LogP contribution in [-0.4, -0.2) is 28.8 Å². The van der Waals surface area contributed by atoms with Gasteiger partial charge in [0.2, 0.25) is 11.8 Å². The monoisotopic (exact) mass is 358 g/mol. The van der Waals surface area contributed by atoms with E-state index in [-0.39, 0.29) is 24.4 Å². The van der Waals surface area contributed by atoms with Crippen molar-refractivity contribution in [1.29, 1.82) is 0 Å². The quantitative estimate of drug-likeness (QED) is 0.799. The highest BCUT2D eigenvalue weighted by Gasteiger charge is 2.26. The van der Waals surface area contributed by atoms with Gasteiger partial charge in [0.15, 0.2) is 0 Å². The van der Waals surface area contributed by atoms with Crippen LogP contribution < -0.4 is 5.32 Å². The normalized spacial score (nSPS) is 12.1. The van der Waals surface area contributed by atoms with Gasteiger partial charge in [-0.25, -0.2) is 0 Å². The van der Waals surface area contributed by atoms with E-state index in [0.717, 1.165) is 12.0 Å². The molecule has 1 aromatic rings. The molecule has 0 fully saturated rings. The maximum absolute atomic E-state index is 12.4. The maximum atomic E-state index is 12.4. The average Bonchev–Trinajstić information content (AvgIpc) is 2.45. The minimum Gasteiger partial charge on any atom is -0.352 e. The Morgan fingerprint density at radius 1 is 1.22 bits per heavy atom. The highest BCUT2D eigenvalue weighted by Crippen LogP contribution is 2.23. The molecule has 1 rings (SSSR count). The van der Waals surface area contributed by atoms with Gasteiger partial charge in [0.05, 0.1) is 0 Å². The molecule has 0 radical (unpaired) electrons. The summed E-state index contributed by atoms with van der Waals surface area (Å²) < 4.78 is 0. The van der Waals surface area contributed by atoms with Crippen LogP contribution in [0, 0.1) is 0 Å². The van der Waals surface area contributed by atoms with Crippen molar-refractivity contribution in [2.45, 2.75) is 59.2 Å². The van der Waals surface area contributed by atoms with Gasteiger partial charge in [-0.15, -0.1) is 0 Å². The van der Waals surface area contributed by atoms with Crippen molar-refractivity contribution in [1.82, 2.24) is 10.2 Å². The number of hydrogen-bond acceptors (Lipinski definition) is 2. The molecule has 0 heterocycles. The first-order valence-corrected chi connectivity index (χ1v) is 8.55. The minimum absolute atomic E-state index is 0.0206. The second-order valence-electron chi connectivity index (χ2n) is 5.85. The molecule has 4 nitrogen and oxygen atoms in total. The average molecular weight is 359 g/mol. The zero-order chi connectivity index (χ0) is 17.6. The topological polar surface area (TPSA) is 49.4 Å². The Morgan fingerprint density at radius 3 is 2.39 bits per heavy atom. The Labute approximate surface area is 148 Å². The molecule has 0 saturated carbocycles. The van der Waals surface area contributed by atoms with Crippen LogP contribution >= 0.6 is 23.2 Å². The lowest BCUT2D eigenvalue weighted by atomic mass is 10.1. The molecule has 0 spiro atoms. The number of hydrogen-bond donors (Lipinski definition) is 1. The van der Waals surface area contributed by atoms with Crippen molar-refractivity contribution in [2.24, 2.45) is 0 Å². The zero-order valence-corrected chi connectivity index (χ0v) is 15.5. The molecule has 0 saturated heterocycles. The molecular weight excluding hydrogens is 335 g/mol. The van der Waals surface area contributed by atoms with Crippen LogP contribution in [0.3, 0.4) is 0 Å². The molecule has 128 valence electrons. The van der Waals surface area contributed by atoms with Crippen LogP contribution in [-0.2, 0) is 16.1 Å². The predicted octanol–water partition coefficient (Wildman–Crippen LogP) is 4.04. The number of benzene rings is 1. The first-order chi connectivity index (χ1) is 10.8. The Kier molecular flexibility index (Phi) is 7.86. The summed E-state index contributed by atoms with van der Waals surface area (Å²) in [6.45, 7) is 7.72. The second kappa shape index (κ2) is 9.14. The lowest BCUT2D eigenvalue weighted by molar-refractivity contribution is -0.140. The first-order valence-electron chi connectivity index (χ1n) is 7.80. The Morgan fingerprint density at radius 2 is 1.87 bits per heavy atom. The van der Waals surface area contributed by atoms with E-state index in [1.807, 2.05) is 20.8 Å². The van der Waals surface area contributed by atoms with Crippen molar-refractivity contribution in [2.75, 3.05) is 0 Å². The molecule has 0 aromatic heterocycles. The first kappa shape index (κ1) is 19.8. The molecule has 6 heteroatoms. The summed E-state index contributed by atoms with van der Waals surface area (Å²) >= 11 is 12.1. The highest BCUT2D eigenvalue weighted by atomic mass is 35.5. The zero-order valence-electron chi connectivity index (χ0n) is 14.0. The van der Waals surface area contributed by atoms with Gasteiger partial charge in [0, 0.05) is 29.1 Å². The van der Waals surface area contributed by atoms with Gasteiger partial charge < -0.3 is 10.2 Å². The molecule has 1 N–H and O–H groups in total. The molecule has 1 unspecified atom stereocenters. The summed E-state index contributed by atoms with van der Waals surface area (Å²) in [5.74, 6) is -0.237. The predicted molar refractivity (Wildman–Crippen MR) is 94.7 cm³/mol. The van der Waals surface area contributed by atoms with Gasteiger partial charge in [-0.3, -0.25) is 9.59 Å². The van der Waals surface area contributed by atoms with Crippen LogP contribution in [0.5, 0.6) is 0 Å². The van der Waals surface area contributed by atoms with Gasteiger partial charge in [-0.1, -0.05) is 36.2 Å². The lowest BCUT2D eigenvalue weighted by Crippen LogP contribution is -2.49. The number of nitrogens with one attached hydrogen (secondary N) is 1. The number of carbonyl (C=O) groups excluding carboxylic acids is 2. The molecule has 1 aromatic carbocycles. The standard InChI is InChI=1S/C17H24Cl2N2O2/c1-5-6-16(22)21(12(4)17(23)20-11(2)3)10-13-7-8-14(18)9-15(13)19/h7-9,11-12H,5-6,10H2,1-4H3,(H,20,23). The van der Waals surface area contributed by atoms with E-state index < -0.39 is 6.04 Å². The van der Waals surface area contributed by atoms with E-state index in [2.05, 4.69) is 5.32 Å². The van der Waals surface area contributed by atoms with Gasteiger partial charge in [-0.05, 0) is 44.9 Å². The molecule has 2 amide bonds. The fourth-order valence-electron chi connectivity index (χ4n) is 2.18. The Hall–Kier alpha value is -1.26. The smallest absolute Gasteiger partial charge is 0.242 e. The molecule has 0 aliphatic heterocycles. The molecule has 0 bridgehead atoms. The van der Waals surface area contributed by atoms with Crippen LogP contribution in [0.25, 0.3) is 0 Å². The van der Waals surface area contributed by atoms with Crippen molar-refractivity contribution >= 4 is 35.0 Å². The van der Waals surface area contributed by atoms with Crippen molar-refractivity contribution in [3.63, 3.8) is 0 Å². The Balaban J connectivity index is 3.00. The SMILES string of the molecule is CCCC(=O)N(Cc1ccc(Cl)cc1Cl)C(C)C(=O)NC(C)C. The number of amides is 2. The van der Waals surface area contributed by atoms with E-state index in [1.54, 1.807) is 30.0 Å². The van der Waals surface area contributed by atoms with E-state index in [9.17, 15) is 9.59 Å². The third-order valence-corrected chi connectivity index (χ3v) is 4.00. The highest BCUT2D eigenvalue weighted by molar-refractivity contribution is 6.35. The molecule has 0 aliphatic rings. The van der Waals surface area contributed by atoms with Crippen LogP contribution in [0.1, 0.15) is 46.1 Å². The summed E-state index contributed by atoms with van der Waals surface area (Å²) in [6.07, 6.45) is 1.12. The summed E-state index contributed by atoms with van der Waals surface area (Å²) in [6, 6.07) is 4.60. The Bertz CT molecular complexity index is 562.